The van der Waals surface area contributed by atoms with Gasteiger partial charge in [-0.05, 0) is 48.8 Å². The highest BCUT2D eigenvalue weighted by Gasteiger charge is 2.35. The first kappa shape index (κ1) is 33.9. The van der Waals surface area contributed by atoms with Crippen molar-refractivity contribution in [3.05, 3.63) is 108 Å². The summed E-state index contributed by atoms with van der Waals surface area (Å²) in [7, 11) is 2.27. The topological polar surface area (TPSA) is 0 Å². The second-order valence-corrected chi connectivity index (χ2v) is 11.8. The quantitative estimate of drug-likeness (QED) is 0.0856. The predicted octanol–water partition coefficient (Wildman–Crippen LogP) is 9.86. The Morgan fingerprint density at radius 2 is 0.775 bits per heavy atom. The van der Waals surface area contributed by atoms with E-state index in [2.05, 4.69) is 127 Å². The third-order valence-corrected chi connectivity index (χ3v) is 8.65. The summed E-state index contributed by atoms with van der Waals surface area (Å²) < 4.78 is 1.42. The number of rotatable bonds is 18. The van der Waals surface area contributed by atoms with Crippen molar-refractivity contribution in [2.45, 2.75) is 104 Å². The Hall–Kier alpha value is -2.32. The lowest BCUT2D eigenvalue weighted by Crippen LogP contribution is -2.50. The molecule has 0 aliphatic rings. The normalized spacial score (nSPS) is 11.6. The molecule has 0 N–H and O–H groups in total. The van der Waals surface area contributed by atoms with E-state index in [9.17, 15) is 0 Å². The summed E-state index contributed by atoms with van der Waals surface area (Å²) in [4.78, 5) is 0. The van der Waals surface area contributed by atoms with E-state index < -0.39 is 0 Å². The summed E-state index contributed by atoms with van der Waals surface area (Å²) in [5.41, 5.74) is 4.07. The molecule has 3 aromatic carbocycles. The Morgan fingerprint density at radius 1 is 0.475 bits per heavy atom. The molecule has 0 fully saturated rings. The third-order valence-electron chi connectivity index (χ3n) is 8.65. The third kappa shape index (κ3) is 10.3. The van der Waals surface area contributed by atoms with Crippen molar-refractivity contribution >= 4 is 7.85 Å². The summed E-state index contributed by atoms with van der Waals surface area (Å²) in [6, 6.07) is 32.9. The molecule has 1 nitrogen and oxygen atoms in total. The first-order chi connectivity index (χ1) is 19.6. The minimum atomic E-state index is -0.0697. The van der Waals surface area contributed by atoms with Crippen LogP contribution in [0.2, 0.25) is 6.32 Å². The average molecular weight is 541 g/mol. The lowest BCUT2D eigenvalue weighted by atomic mass is 9.66. The molecule has 3 rings (SSSR count). The van der Waals surface area contributed by atoms with Gasteiger partial charge < -0.3 is 4.48 Å². The number of hydrogen-bond donors (Lipinski definition) is 0. The van der Waals surface area contributed by atoms with Gasteiger partial charge in [0.2, 0.25) is 0 Å². The van der Waals surface area contributed by atoms with Crippen LogP contribution in [0, 0.1) is 0 Å². The van der Waals surface area contributed by atoms with Gasteiger partial charge >= 0.3 is 0 Å². The first-order valence-electron chi connectivity index (χ1n) is 16.6. The van der Waals surface area contributed by atoms with Gasteiger partial charge in [-0.1, -0.05) is 157 Å². The van der Waals surface area contributed by atoms with E-state index in [1.807, 2.05) is 0 Å². The zero-order valence-corrected chi connectivity index (χ0v) is 26.7. The van der Waals surface area contributed by atoms with E-state index in [-0.39, 0.29) is 5.41 Å². The summed E-state index contributed by atoms with van der Waals surface area (Å²) in [6.07, 6.45) is 14.6. The maximum atomic E-state index is 2.33. The molecular weight excluding hydrogens is 481 g/mol. The lowest BCUT2D eigenvalue weighted by molar-refractivity contribution is -0.929. The fourth-order valence-corrected chi connectivity index (χ4v) is 6.19. The van der Waals surface area contributed by atoms with Gasteiger partial charge in [0.05, 0.1) is 26.2 Å². The highest BCUT2D eigenvalue weighted by atomic mass is 15.3. The molecule has 0 aliphatic carbocycles. The van der Waals surface area contributed by atoms with Crippen LogP contribution >= 0.6 is 0 Å². The van der Waals surface area contributed by atoms with Crippen molar-refractivity contribution in [3.63, 3.8) is 0 Å². The zero-order chi connectivity index (χ0) is 28.9. The number of hydrogen-bond acceptors (Lipinski definition) is 0. The van der Waals surface area contributed by atoms with Crippen molar-refractivity contribution < 1.29 is 4.48 Å². The molecule has 0 spiro atoms. The summed E-state index contributed by atoms with van der Waals surface area (Å²) >= 11 is 0. The van der Waals surface area contributed by atoms with E-state index in [0.29, 0.717) is 0 Å². The molecule has 218 valence electrons. The Balaban J connectivity index is 0.000000296. The zero-order valence-electron chi connectivity index (χ0n) is 26.7. The van der Waals surface area contributed by atoms with E-state index in [4.69, 9.17) is 0 Å². The minimum absolute atomic E-state index is 0.0697. The van der Waals surface area contributed by atoms with Gasteiger partial charge in [-0.2, -0.15) is 0 Å². The molecule has 0 aromatic heterocycles. The van der Waals surface area contributed by atoms with E-state index in [1.54, 1.807) is 0 Å². The number of unbranched alkanes of at least 4 members (excludes halogenated alkanes) is 4. The van der Waals surface area contributed by atoms with E-state index in [1.165, 1.54) is 111 Å². The summed E-state index contributed by atoms with van der Waals surface area (Å²) in [5.74, 6) is 0. The molecule has 0 saturated heterocycles. The number of quaternary nitrogens is 1. The van der Waals surface area contributed by atoms with Crippen LogP contribution in [0.25, 0.3) is 0 Å². The van der Waals surface area contributed by atoms with Crippen molar-refractivity contribution in [2.75, 3.05) is 26.2 Å². The maximum absolute atomic E-state index is 2.33. The first-order valence-corrected chi connectivity index (χ1v) is 16.6. The fraction of sp³-hybridized carbons (Fsp3) is 0.526. The van der Waals surface area contributed by atoms with Crippen LogP contribution < -0.4 is 0 Å². The second kappa shape index (κ2) is 19.7. The average Bonchev–Trinajstić information content (AvgIpc) is 3.02. The minimum Gasteiger partial charge on any atom is -0.324 e. The van der Waals surface area contributed by atoms with Crippen molar-refractivity contribution in [3.8, 4) is 0 Å². The van der Waals surface area contributed by atoms with Crippen molar-refractivity contribution in [1.82, 2.24) is 0 Å². The Kier molecular flexibility index (Phi) is 16.7. The monoisotopic (exact) mass is 540 g/mol. The van der Waals surface area contributed by atoms with Gasteiger partial charge in [0.1, 0.15) is 7.85 Å². The van der Waals surface area contributed by atoms with Crippen molar-refractivity contribution in [2.24, 2.45) is 0 Å². The molecule has 0 radical (unpaired) electrons. The molecule has 0 heterocycles. The summed E-state index contributed by atoms with van der Waals surface area (Å²) in [5, 5.41) is 0. The van der Waals surface area contributed by atoms with E-state index >= 15 is 0 Å². The van der Waals surface area contributed by atoms with Crippen LogP contribution in [0.15, 0.2) is 91.0 Å². The number of benzene rings is 3. The van der Waals surface area contributed by atoms with Gasteiger partial charge in [0.25, 0.3) is 0 Å². The van der Waals surface area contributed by atoms with Crippen LogP contribution in [-0.4, -0.2) is 38.5 Å². The van der Waals surface area contributed by atoms with Gasteiger partial charge in [-0.25, -0.2) is 0 Å². The standard InChI is InChI=1S/C22H23B.C16H36N/c23-18-10-17-22(19-11-4-1-5-12-19,20-13-6-2-7-14-20)21-15-8-3-9-16-21;1-5-9-13-17(14-10-6-2,15-11-7-3)16-12-8-4/h1-9,11-16H,10,17-18,23H2;5-16H2,1-4H3/q;+1. The smallest absolute Gasteiger partial charge is 0.101 e. The Labute approximate surface area is 249 Å². The van der Waals surface area contributed by atoms with Gasteiger partial charge in [-0.15, -0.1) is 0 Å². The highest BCUT2D eigenvalue weighted by molar-refractivity contribution is 6.08. The van der Waals surface area contributed by atoms with E-state index in [0.717, 1.165) is 6.42 Å². The van der Waals surface area contributed by atoms with Crippen LogP contribution in [0.5, 0.6) is 0 Å². The molecule has 0 bridgehead atoms. The number of nitrogens with zero attached hydrogens (tertiary/aromatic N) is 1. The molecule has 3 aromatic rings. The largest absolute Gasteiger partial charge is 0.324 e. The molecule has 0 unspecified atom stereocenters. The molecule has 0 aliphatic heterocycles. The van der Waals surface area contributed by atoms with Gasteiger partial charge in [-0.3, -0.25) is 0 Å². The van der Waals surface area contributed by atoms with Crippen LogP contribution in [0.3, 0.4) is 0 Å². The predicted molar refractivity (Wildman–Crippen MR) is 181 cm³/mol. The van der Waals surface area contributed by atoms with Crippen molar-refractivity contribution in [1.29, 1.82) is 0 Å². The lowest BCUT2D eigenvalue weighted by Gasteiger charge is -2.39. The Bertz CT molecular complexity index is 852. The molecule has 40 heavy (non-hydrogen) atoms. The fourth-order valence-electron chi connectivity index (χ4n) is 6.19. The molecule has 0 saturated carbocycles. The molecule has 0 atom stereocenters. The highest BCUT2D eigenvalue weighted by Crippen LogP contribution is 2.43. The molecular formula is C38H59BN+. The second-order valence-electron chi connectivity index (χ2n) is 11.8. The molecule has 0 amide bonds. The molecule has 2 heteroatoms. The Morgan fingerprint density at radius 3 is 1.02 bits per heavy atom. The van der Waals surface area contributed by atoms with Crippen LogP contribution in [0.1, 0.15) is 109 Å². The maximum Gasteiger partial charge on any atom is 0.101 e. The SMILES string of the molecule is BCCCC(c1ccccc1)(c1ccccc1)c1ccccc1.CCCC[N+](CCCC)(CCCC)CCCC. The summed E-state index contributed by atoms with van der Waals surface area (Å²) in [6.45, 7) is 15.0. The van der Waals surface area contributed by atoms with Crippen LogP contribution in [0.4, 0.5) is 0 Å². The van der Waals surface area contributed by atoms with Gasteiger partial charge in [0, 0.05) is 5.41 Å². The van der Waals surface area contributed by atoms with Crippen LogP contribution in [-0.2, 0) is 5.41 Å². The van der Waals surface area contributed by atoms with Gasteiger partial charge in [0.15, 0.2) is 0 Å².